The van der Waals surface area contributed by atoms with E-state index in [-0.39, 0.29) is 18.2 Å². The van der Waals surface area contributed by atoms with Crippen molar-refractivity contribution in [3.05, 3.63) is 35.2 Å². The Morgan fingerprint density at radius 1 is 1.35 bits per heavy atom. The first kappa shape index (κ1) is 15.1. The third-order valence-corrected chi connectivity index (χ3v) is 3.62. The molecular formula is C16H17N3O4. The van der Waals surface area contributed by atoms with E-state index in [4.69, 9.17) is 9.26 Å². The summed E-state index contributed by atoms with van der Waals surface area (Å²) in [6.07, 6.45) is -0.964. The Balaban J connectivity index is 1.70. The van der Waals surface area contributed by atoms with Gasteiger partial charge in [0.2, 0.25) is 5.91 Å². The minimum absolute atomic E-state index is 0.0940. The second-order valence-corrected chi connectivity index (χ2v) is 5.55. The van der Waals surface area contributed by atoms with Crippen LogP contribution in [0.25, 0.3) is 0 Å². The molecule has 1 unspecified atom stereocenters. The standard InChI is InChI=1S/C16H17N3O4/c1-8-4-5-12-11(6-8)17-16(21)13(22-12)7-14(20)18-15-9(2)19-23-10(15)3/h4-6,13H,7H2,1-3H3,(H,17,21)(H,18,20). The zero-order chi connectivity index (χ0) is 16.6. The summed E-state index contributed by atoms with van der Waals surface area (Å²) >= 11 is 0. The molecule has 120 valence electrons. The van der Waals surface area contributed by atoms with Crippen LogP contribution in [0, 0.1) is 20.8 Å². The van der Waals surface area contributed by atoms with Crippen molar-refractivity contribution >= 4 is 23.2 Å². The van der Waals surface area contributed by atoms with E-state index in [2.05, 4.69) is 15.8 Å². The van der Waals surface area contributed by atoms with Gasteiger partial charge in [0.05, 0.1) is 12.1 Å². The molecule has 0 bridgehead atoms. The summed E-state index contributed by atoms with van der Waals surface area (Å²) in [6.45, 7) is 5.36. The monoisotopic (exact) mass is 315 g/mol. The van der Waals surface area contributed by atoms with E-state index in [9.17, 15) is 9.59 Å². The fourth-order valence-corrected chi connectivity index (χ4v) is 2.42. The Morgan fingerprint density at radius 3 is 2.83 bits per heavy atom. The zero-order valence-corrected chi connectivity index (χ0v) is 13.1. The van der Waals surface area contributed by atoms with E-state index >= 15 is 0 Å². The summed E-state index contributed by atoms with van der Waals surface area (Å²) in [7, 11) is 0. The molecule has 23 heavy (non-hydrogen) atoms. The second kappa shape index (κ2) is 5.75. The molecular weight excluding hydrogens is 298 g/mol. The van der Waals surface area contributed by atoms with Crippen molar-refractivity contribution < 1.29 is 18.8 Å². The molecule has 1 aromatic heterocycles. The third-order valence-electron chi connectivity index (χ3n) is 3.62. The number of amides is 2. The average Bonchev–Trinajstić information content (AvgIpc) is 2.80. The number of hydrogen-bond donors (Lipinski definition) is 2. The van der Waals surface area contributed by atoms with Crippen molar-refractivity contribution in [2.45, 2.75) is 33.3 Å². The molecule has 0 aliphatic carbocycles. The number of ether oxygens (including phenoxy) is 1. The Kier molecular flexibility index (Phi) is 3.77. The first-order chi connectivity index (χ1) is 10.9. The van der Waals surface area contributed by atoms with Crippen LogP contribution in [0.15, 0.2) is 22.7 Å². The number of carbonyl (C=O) groups excluding carboxylic acids is 2. The van der Waals surface area contributed by atoms with Gasteiger partial charge < -0.3 is 19.9 Å². The number of anilines is 2. The van der Waals surface area contributed by atoms with Crippen LogP contribution >= 0.6 is 0 Å². The smallest absolute Gasteiger partial charge is 0.266 e. The van der Waals surface area contributed by atoms with Crippen molar-refractivity contribution in [2.24, 2.45) is 0 Å². The lowest BCUT2D eigenvalue weighted by Gasteiger charge is -2.25. The largest absolute Gasteiger partial charge is 0.478 e. The van der Waals surface area contributed by atoms with Crippen LogP contribution in [-0.4, -0.2) is 23.1 Å². The van der Waals surface area contributed by atoms with Gasteiger partial charge in [-0.3, -0.25) is 9.59 Å². The fraction of sp³-hybridized carbons (Fsp3) is 0.312. The van der Waals surface area contributed by atoms with E-state index in [0.29, 0.717) is 28.6 Å². The van der Waals surface area contributed by atoms with Crippen LogP contribution in [0.2, 0.25) is 0 Å². The summed E-state index contributed by atoms with van der Waals surface area (Å²) in [5.41, 5.74) is 2.76. The quantitative estimate of drug-likeness (QED) is 0.906. The molecule has 0 radical (unpaired) electrons. The Labute approximate surface area is 133 Å². The highest BCUT2D eigenvalue weighted by molar-refractivity contribution is 6.02. The Hall–Kier alpha value is -2.83. The average molecular weight is 315 g/mol. The van der Waals surface area contributed by atoms with Gasteiger partial charge in [0.1, 0.15) is 17.1 Å². The van der Waals surface area contributed by atoms with E-state index in [0.717, 1.165) is 5.56 Å². The van der Waals surface area contributed by atoms with Gasteiger partial charge in [-0.05, 0) is 38.5 Å². The SMILES string of the molecule is Cc1ccc2c(c1)NC(=O)C(CC(=O)Nc1c(C)noc1C)O2. The number of benzene rings is 1. The van der Waals surface area contributed by atoms with Crippen LogP contribution in [-0.2, 0) is 9.59 Å². The zero-order valence-electron chi connectivity index (χ0n) is 13.1. The van der Waals surface area contributed by atoms with Gasteiger partial charge in [-0.1, -0.05) is 11.2 Å². The summed E-state index contributed by atoms with van der Waals surface area (Å²) in [4.78, 5) is 24.2. The topological polar surface area (TPSA) is 93.5 Å². The predicted octanol–water partition coefficient (Wildman–Crippen LogP) is 2.33. The van der Waals surface area contributed by atoms with Gasteiger partial charge in [-0.25, -0.2) is 0 Å². The van der Waals surface area contributed by atoms with Crippen molar-refractivity contribution in [1.29, 1.82) is 0 Å². The minimum atomic E-state index is -0.870. The summed E-state index contributed by atoms with van der Waals surface area (Å²) in [5, 5.41) is 9.24. The van der Waals surface area contributed by atoms with E-state index in [1.165, 1.54) is 0 Å². The number of carbonyl (C=O) groups is 2. The highest BCUT2D eigenvalue weighted by Gasteiger charge is 2.30. The van der Waals surface area contributed by atoms with Crippen LogP contribution in [0.4, 0.5) is 11.4 Å². The lowest BCUT2D eigenvalue weighted by Crippen LogP contribution is -2.39. The van der Waals surface area contributed by atoms with Gasteiger partial charge in [0.15, 0.2) is 11.9 Å². The van der Waals surface area contributed by atoms with Crippen LogP contribution in [0.5, 0.6) is 5.75 Å². The van der Waals surface area contributed by atoms with Gasteiger partial charge >= 0.3 is 0 Å². The fourth-order valence-electron chi connectivity index (χ4n) is 2.42. The van der Waals surface area contributed by atoms with Crippen LogP contribution in [0.1, 0.15) is 23.4 Å². The molecule has 0 spiro atoms. The van der Waals surface area contributed by atoms with Crippen molar-refractivity contribution in [2.75, 3.05) is 10.6 Å². The number of fused-ring (bicyclic) bond motifs is 1. The van der Waals surface area contributed by atoms with Crippen LogP contribution in [0.3, 0.4) is 0 Å². The lowest BCUT2D eigenvalue weighted by atomic mass is 10.1. The second-order valence-electron chi connectivity index (χ2n) is 5.55. The highest BCUT2D eigenvalue weighted by Crippen LogP contribution is 2.31. The molecule has 0 saturated carbocycles. The van der Waals surface area contributed by atoms with Gasteiger partial charge in [-0.2, -0.15) is 0 Å². The molecule has 3 rings (SSSR count). The lowest BCUT2D eigenvalue weighted by molar-refractivity contribution is -0.128. The van der Waals surface area contributed by atoms with Crippen molar-refractivity contribution in [1.82, 2.24) is 5.16 Å². The number of nitrogens with zero attached hydrogens (tertiary/aromatic N) is 1. The molecule has 1 aliphatic rings. The van der Waals surface area contributed by atoms with Crippen molar-refractivity contribution in [3.8, 4) is 5.75 Å². The molecule has 0 fully saturated rings. The molecule has 2 aromatic rings. The van der Waals surface area contributed by atoms with Gasteiger partial charge in [0, 0.05) is 0 Å². The molecule has 2 heterocycles. The Bertz CT molecular complexity index is 762. The molecule has 1 atom stereocenters. The number of aromatic nitrogens is 1. The molecule has 7 nitrogen and oxygen atoms in total. The maximum Gasteiger partial charge on any atom is 0.266 e. The van der Waals surface area contributed by atoms with E-state index in [1.807, 2.05) is 19.1 Å². The molecule has 2 amide bonds. The molecule has 1 aliphatic heterocycles. The maximum atomic E-state index is 12.2. The van der Waals surface area contributed by atoms with Gasteiger partial charge in [0.25, 0.3) is 5.91 Å². The van der Waals surface area contributed by atoms with E-state index in [1.54, 1.807) is 19.9 Å². The first-order valence-electron chi connectivity index (χ1n) is 7.25. The molecule has 0 saturated heterocycles. The maximum absolute atomic E-state index is 12.2. The number of aryl methyl sites for hydroxylation is 3. The molecule has 2 N–H and O–H groups in total. The highest BCUT2D eigenvalue weighted by atomic mass is 16.5. The summed E-state index contributed by atoms with van der Waals surface area (Å²) in [6, 6.07) is 5.49. The first-order valence-corrected chi connectivity index (χ1v) is 7.25. The third kappa shape index (κ3) is 3.03. The summed E-state index contributed by atoms with van der Waals surface area (Å²) in [5.74, 6) is 0.406. The number of rotatable bonds is 3. The molecule has 7 heteroatoms. The normalized spacial score (nSPS) is 16.3. The van der Waals surface area contributed by atoms with Crippen LogP contribution < -0.4 is 15.4 Å². The minimum Gasteiger partial charge on any atom is -0.478 e. The summed E-state index contributed by atoms with van der Waals surface area (Å²) < 4.78 is 10.6. The predicted molar refractivity (Wildman–Crippen MR) is 83.4 cm³/mol. The molecule has 1 aromatic carbocycles. The van der Waals surface area contributed by atoms with Gasteiger partial charge in [-0.15, -0.1) is 0 Å². The number of hydrogen-bond acceptors (Lipinski definition) is 5. The number of nitrogens with one attached hydrogen (secondary N) is 2. The Morgan fingerprint density at radius 2 is 2.13 bits per heavy atom. The van der Waals surface area contributed by atoms with Crippen molar-refractivity contribution in [3.63, 3.8) is 0 Å². The van der Waals surface area contributed by atoms with E-state index < -0.39 is 6.10 Å².